The zero-order valence-electron chi connectivity index (χ0n) is 12.1. The first-order valence-corrected chi connectivity index (χ1v) is 8.73. The number of nitrogens with one attached hydrogen (secondary N) is 1. The first kappa shape index (κ1) is 15.0. The quantitative estimate of drug-likeness (QED) is 0.890. The maximum atomic E-state index is 5.96. The van der Waals surface area contributed by atoms with Crippen molar-refractivity contribution in [1.82, 2.24) is 10.2 Å². The van der Waals surface area contributed by atoms with Crippen LogP contribution in [-0.4, -0.2) is 24.0 Å². The van der Waals surface area contributed by atoms with Crippen molar-refractivity contribution in [2.45, 2.75) is 32.0 Å². The van der Waals surface area contributed by atoms with Crippen LogP contribution in [-0.2, 0) is 13.1 Å². The Morgan fingerprint density at radius 1 is 1.10 bits per heavy atom. The maximum Gasteiger partial charge on any atom is 0.0931 e. The topological polar surface area (TPSA) is 15.3 Å². The lowest BCUT2D eigenvalue weighted by molar-refractivity contribution is 0.190. The summed E-state index contributed by atoms with van der Waals surface area (Å²) in [5, 5.41) is 3.66. The van der Waals surface area contributed by atoms with E-state index in [2.05, 4.69) is 46.6 Å². The fourth-order valence-corrected chi connectivity index (χ4v) is 3.87. The van der Waals surface area contributed by atoms with E-state index >= 15 is 0 Å². The second-order valence-electron chi connectivity index (χ2n) is 5.62. The molecule has 3 rings (SSSR count). The minimum absolute atomic E-state index is 0.637. The third-order valence-corrected chi connectivity index (χ3v) is 5.26. The SMILES string of the molecule is Clc1ccc(CNC2CCN(Cc3ccccc3)CC2)s1. The van der Waals surface area contributed by atoms with Gasteiger partial charge in [0.05, 0.1) is 4.34 Å². The van der Waals surface area contributed by atoms with Crippen molar-refractivity contribution < 1.29 is 0 Å². The number of hydrogen-bond donors (Lipinski definition) is 1. The summed E-state index contributed by atoms with van der Waals surface area (Å²) in [6, 6.07) is 15.5. The number of rotatable bonds is 5. The predicted octanol–water partition coefficient (Wildman–Crippen LogP) is 4.16. The minimum atomic E-state index is 0.637. The number of hydrogen-bond acceptors (Lipinski definition) is 3. The Balaban J connectivity index is 1.40. The molecule has 1 aromatic heterocycles. The molecule has 4 heteroatoms. The Morgan fingerprint density at radius 2 is 1.86 bits per heavy atom. The highest BCUT2D eigenvalue weighted by molar-refractivity contribution is 7.16. The van der Waals surface area contributed by atoms with Gasteiger partial charge in [0.2, 0.25) is 0 Å². The molecule has 1 aliphatic rings. The van der Waals surface area contributed by atoms with Crippen LogP contribution in [0, 0.1) is 0 Å². The van der Waals surface area contributed by atoms with E-state index in [1.807, 2.05) is 6.07 Å². The van der Waals surface area contributed by atoms with Gasteiger partial charge in [0, 0.05) is 24.0 Å². The summed E-state index contributed by atoms with van der Waals surface area (Å²) in [5.74, 6) is 0. The summed E-state index contributed by atoms with van der Waals surface area (Å²) in [5.41, 5.74) is 1.41. The van der Waals surface area contributed by atoms with E-state index in [1.54, 1.807) is 11.3 Å². The average molecular weight is 321 g/mol. The van der Waals surface area contributed by atoms with Gasteiger partial charge in [-0.1, -0.05) is 41.9 Å². The molecule has 0 radical (unpaired) electrons. The van der Waals surface area contributed by atoms with Crippen LogP contribution in [0.15, 0.2) is 42.5 Å². The first-order chi connectivity index (χ1) is 10.3. The number of nitrogens with zero attached hydrogens (tertiary/aromatic N) is 1. The van der Waals surface area contributed by atoms with Crippen LogP contribution >= 0.6 is 22.9 Å². The lowest BCUT2D eigenvalue weighted by atomic mass is 10.0. The Morgan fingerprint density at radius 3 is 2.52 bits per heavy atom. The molecular formula is C17H21ClN2S. The van der Waals surface area contributed by atoms with Gasteiger partial charge in [-0.05, 0) is 43.6 Å². The molecule has 21 heavy (non-hydrogen) atoms. The smallest absolute Gasteiger partial charge is 0.0931 e. The van der Waals surface area contributed by atoms with Gasteiger partial charge in [-0.2, -0.15) is 0 Å². The van der Waals surface area contributed by atoms with Gasteiger partial charge in [-0.3, -0.25) is 4.90 Å². The van der Waals surface area contributed by atoms with Gasteiger partial charge in [0.1, 0.15) is 0 Å². The van der Waals surface area contributed by atoms with Crippen molar-refractivity contribution in [3.63, 3.8) is 0 Å². The second-order valence-corrected chi connectivity index (χ2v) is 7.42. The fraction of sp³-hybridized carbons (Fsp3) is 0.412. The van der Waals surface area contributed by atoms with E-state index in [1.165, 1.54) is 36.4 Å². The molecule has 0 unspecified atom stereocenters. The van der Waals surface area contributed by atoms with Crippen molar-refractivity contribution in [2.75, 3.05) is 13.1 Å². The Labute approximate surface area is 135 Å². The van der Waals surface area contributed by atoms with Crippen molar-refractivity contribution >= 4 is 22.9 Å². The number of thiophene rings is 1. The Kier molecular flexibility index (Phi) is 5.31. The van der Waals surface area contributed by atoms with Crippen molar-refractivity contribution in [1.29, 1.82) is 0 Å². The number of piperidine rings is 1. The normalized spacial score (nSPS) is 17.2. The van der Waals surface area contributed by atoms with E-state index in [4.69, 9.17) is 11.6 Å². The zero-order chi connectivity index (χ0) is 14.5. The molecule has 1 aliphatic heterocycles. The summed E-state index contributed by atoms with van der Waals surface area (Å²) < 4.78 is 0.879. The largest absolute Gasteiger partial charge is 0.309 e. The summed E-state index contributed by atoms with van der Waals surface area (Å²) >= 11 is 7.63. The molecule has 0 atom stereocenters. The van der Waals surface area contributed by atoms with E-state index < -0.39 is 0 Å². The van der Waals surface area contributed by atoms with Crippen LogP contribution in [0.5, 0.6) is 0 Å². The van der Waals surface area contributed by atoms with Gasteiger partial charge in [-0.25, -0.2) is 0 Å². The molecule has 2 heterocycles. The Bertz CT molecular complexity index is 547. The molecule has 0 bridgehead atoms. The van der Waals surface area contributed by atoms with Gasteiger partial charge in [-0.15, -0.1) is 11.3 Å². The minimum Gasteiger partial charge on any atom is -0.309 e. The van der Waals surface area contributed by atoms with Crippen LogP contribution in [0.4, 0.5) is 0 Å². The molecule has 1 N–H and O–H groups in total. The monoisotopic (exact) mass is 320 g/mol. The van der Waals surface area contributed by atoms with Crippen LogP contribution in [0.3, 0.4) is 0 Å². The van der Waals surface area contributed by atoms with E-state index in [-0.39, 0.29) is 0 Å². The summed E-state index contributed by atoms with van der Waals surface area (Å²) in [4.78, 5) is 3.88. The van der Waals surface area contributed by atoms with E-state index in [9.17, 15) is 0 Å². The highest BCUT2D eigenvalue weighted by Gasteiger charge is 2.18. The van der Waals surface area contributed by atoms with Gasteiger partial charge >= 0.3 is 0 Å². The highest BCUT2D eigenvalue weighted by Crippen LogP contribution is 2.22. The van der Waals surface area contributed by atoms with E-state index in [0.717, 1.165) is 17.4 Å². The summed E-state index contributed by atoms with van der Waals surface area (Å²) in [6.45, 7) is 4.38. The highest BCUT2D eigenvalue weighted by atomic mass is 35.5. The average Bonchev–Trinajstić information content (AvgIpc) is 2.93. The summed E-state index contributed by atoms with van der Waals surface area (Å²) in [7, 11) is 0. The maximum absolute atomic E-state index is 5.96. The Hall–Kier alpha value is -0.870. The van der Waals surface area contributed by atoms with Gasteiger partial charge in [0.15, 0.2) is 0 Å². The second kappa shape index (κ2) is 7.41. The van der Waals surface area contributed by atoms with E-state index in [0.29, 0.717) is 6.04 Å². The standard InChI is InChI=1S/C17H21ClN2S/c18-17-7-6-16(21-17)12-19-15-8-10-20(11-9-15)13-14-4-2-1-3-5-14/h1-7,15,19H,8-13H2. The van der Waals surface area contributed by atoms with Crippen LogP contribution in [0.25, 0.3) is 0 Å². The third kappa shape index (κ3) is 4.55. The van der Waals surface area contributed by atoms with Gasteiger partial charge in [0.25, 0.3) is 0 Å². The van der Waals surface area contributed by atoms with Crippen LogP contribution in [0.2, 0.25) is 4.34 Å². The number of likely N-dealkylation sites (tertiary alicyclic amines) is 1. The molecule has 0 aliphatic carbocycles. The molecule has 0 saturated carbocycles. The first-order valence-electron chi connectivity index (χ1n) is 7.53. The van der Waals surface area contributed by atoms with Crippen LogP contribution < -0.4 is 5.32 Å². The number of halogens is 1. The van der Waals surface area contributed by atoms with Crippen molar-refractivity contribution in [3.05, 3.63) is 57.2 Å². The molecule has 1 fully saturated rings. The van der Waals surface area contributed by atoms with Gasteiger partial charge < -0.3 is 5.32 Å². The number of benzene rings is 1. The molecule has 0 spiro atoms. The zero-order valence-corrected chi connectivity index (χ0v) is 13.7. The fourth-order valence-electron chi connectivity index (χ4n) is 2.83. The molecular weight excluding hydrogens is 300 g/mol. The lowest BCUT2D eigenvalue weighted by Gasteiger charge is -2.32. The molecule has 0 amide bonds. The molecule has 1 aromatic carbocycles. The third-order valence-electron chi connectivity index (χ3n) is 4.03. The van der Waals surface area contributed by atoms with Crippen LogP contribution in [0.1, 0.15) is 23.3 Å². The molecule has 2 aromatic rings. The van der Waals surface area contributed by atoms with Crippen molar-refractivity contribution in [2.24, 2.45) is 0 Å². The van der Waals surface area contributed by atoms with Crippen molar-refractivity contribution in [3.8, 4) is 0 Å². The molecule has 112 valence electrons. The molecule has 1 saturated heterocycles. The lowest BCUT2D eigenvalue weighted by Crippen LogP contribution is -2.41. The predicted molar refractivity (Wildman–Crippen MR) is 90.9 cm³/mol. The summed E-state index contributed by atoms with van der Waals surface area (Å²) in [6.07, 6.45) is 2.46. The molecule has 2 nitrogen and oxygen atoms in total.